The van der Waals surface area contributed by atoms with Crippen molar-refractivity contribution in [1.82, 2.24) is 0 Å². The van der Waals surface area contributed by atoms with Gasteiger partial charge in [-0.1, -0.05) is 35.3 Å². The molecular formula is C15H7Cl2NO3. The van der Waals surface area contributed by atoms with Crippen molar-refractivity contribution in [3.05, 3.63) is 63.1 Å². The van der Waals surface area contributed by atoms with E-state index in [9.17, 15) is 14.4 Å². The fourth-order valence-corrected chi connectivity index (χ4v) is 2.53. The summed E-state index contributed by atoms with van der Waals surface area (Å²) in [7, 11) is 0. The van der Waals surface area contributed by atoms with Gasteiger partial charge < -0.3 is 0 Å². The van der Waals surface area contributed by atoms with E-state index in [2.05, 4.69) is 0 Å². The number of rotatable bonds is 2. The van der Waals surface area contributed by atoms with Crippen LogP contribution in [0.5, 0.6) is 0 Å². The number of anilines is 1. The molecule has 2 amide bonds. The second kappa shape index (κ2) is 4.98. The minimum absolute atomic E-state index is 0.200. The predicted octanol–water partition coefficient (Wildman–Crippen LogP) is 3.61. The summed E-state index contributed by atoms with van der Waals surface area (Å²) < 4.78 is 0. The van der Waals surface area contributed by atoms with Crippen molar-refractivity contribution in [2.24, 2.45) is 0 Å². The number of fused-ring (bicyclic) bond motifs is 1. The van der Waals surface area contributed by atoms with E-state index in [0.29, 0.717) is 17.5 Å². The average molecular weight is 320 g/mol. The van der Waals surface area contributed by atoms with Gasteiger partial charge >= 0.3 is 0 Å². The number of hydrogen-bond acceptors (Lipinski definition) is 3. The zero-order valence-corrected chi connectivity index (χ0v) is 12.0. The van der Waals surface area contributed by atoms with Crippen molar-refractivity contribution in [2.45, 2.75) is 0 Å². The molecule has 1 aliphatic heterocycles. The molecule has 0 atom stereocenters. The van der Waals surface area contributed by atoms with Crippen LogP contribution in [0.4, 0.5) is 5.69 Å². The van der Waals surface area contributed by atoms with Crippen LogP contribution < -0.4 is 4.90 Å². The number of halogens is 2. The number of carbonyl (C=O) groups is 3. The summed E-state index contributed by atoms with van der Waals surface area (Å²) >= 11 is 11.8. The highest BCUT2D eigenvalue weighted by atomic mass is 35.5. The molecule has 0 N–H and O–H groups in total. The summed E-state index contributed by atoms with van der Waals surface area (Å²) in [5.41, 5.74) is 1.11. The molecule has 0 spiro atoms. The Morgan fingerprint density at radius 2 is 1.48 bits per heavy atom. The van der Waals surface area contributed by atoms with Crippen LogP contribution in [0, 0.1) is 0 Å². The molecule has 2 aromatic rings. The highest BCUT2D eigenvalue weighted by Gasteiger charge is 2.37. The van der Waals surface area contributed by atoms with Crippen molar-refractivity contribution in [3.63, 3.8) is 0 Å². The van der Waals surface area contributed by atoms with E-state index in [-0.39, 0.29) is 21.2 Å². The van der Waals surface area contributed by atoms with Gasteiger partial charge in [-0.05, 0) is 24.3 Å². The van der Waals surface area contributed by atoms with E-state index in [1.54, 1.807) is 18.2 Å². The Bertz CT molecular complexity index is 761. The number of benzene rings is 2. The topological polar surface area (TPSA) is 54.5 Å². The van der Waals surface area contributed by atoms with Crippen LogP contribution in [0.15, 0.2) is 36.4 Å². The second-order valence-corrected chi connectivity index (χ2v) is 5.28. The molecule has 21 heavy (non-hydrogen) atoms. The van der Waals surface area contributed by atoms with E-state index >= 15 is 0 Å². The number of amides is 2. The average Bonchev–Trinajstić information content (AvgIpc) is 2.71. The molecule has 0 radical (unpaired) electrons. The minimum atomic E-state index is -0.489. The highest BCUT2D eigenvalue weighted by molar-refractivity contribution is 6.44. The first-order valence-corrected chi connectivity index (χ1v) is 6.71. The molecule has 0 unspecified atom stereocenters. The van der Waals surface area contributed by atoms with Crippen LogP contribution in [-0.2, 0) is 0 Å². The lowest BCUT2D eigenvalue weighted by atomic mass is 10.1. The molecule has 0 aliphatic carbocycles. The van der Waals surface area contributed by atoms with E-state index in [0.717, 1.165) is 4.90 Å². The third-order valence-electron chi connectivity index (χ3n) is 3.19. The molecule has 4 nitrogen and oxygen atoms in total. The Morgan fingerprint density at radius 3 is 2.00 bits per heavy atom. The van der Waals surface area contributed by atoms with Gasteiger partial charge in [-0.3, -0.25) is 14.4 Å². The van der Waals surface area contributed by atoms with Crippen molar-refractivity contribution in [1.29, 1.82) is 0 Å². The molecule has 0 aromatic heterocycles. The number of nitrogens with zero attached hydrogens (tertiary/aromatic N) is 1. The van der Waals surface area contributed by atoms with Crippen LogP contribution in [0.1, 0.15) is 31.1 Å². The highest BCUT2D eigenvalue weighted by Crippen LogP contribution is 2.34. The first-order chi connectivity index (χ1) is 10.0. The molecule has 1 aliphatic rings. The van der Waals surface area contributed by atoms with Gasteiger partial charge in [-0.2, -0.15) is 0 Å². The maximum absolute atomic E-state index is 12.4. The maximum Gasteiger partial charge on any atom is 0.266 e. The Morgan fingerprint density at radius 1 is 0.905 bits per heavy atom. The SMILES string of the molecule is O=Cc1cccc(N2C(=O)c3cc(Cl)c(Cl)cc3C2=O)c1. The van der Waals surface area contributed by atoms with Gasteiger partial charge in [0, 0.05) is 5.56 Å². The summed E-state index contributed by atoms with van der Waals surface area (Å²) in [6.45, 7) is 0. The predicted molar refractivity (Wildman–Crippen MR) is 79.4 cm³/mol. The lowest BCUT2D eigenvalue weighted by molar-refractivity contribution is 0.0925. The number of aldehydes is 1. The summed E-state index contributed by atoms with van der Waals surface area (Å²) in [6, 6.07) is 8.99. The van der Waals surface area contributed by atoms with Crippen molar-refractivity contribution in [3.8, 4) is 0 Å². The van der Waals surface area contributed by atoms with Crippen LogP contribution in [0.2, 0.25) is 10.0 Å². The van der Waals surface area contributed by atoms with E-state index < -0.39 is 11.8 Å². The van der Waals surface area contributed by atoms with Gasteiger partial charge in [0.05, 0.1) is 26.9 Å². The number of carbonyl (C=O) groups excluding carboxylic acids is 3. The Labute approximate surface area is 129 Å². The summed E-state index contributed by atoms with van der Waals surface area (Å²) in [5, 5.41) is 0.417. The van der Waals surface area contributed by atoms with E-state index in [1.807, 2.05) is 0 Å². The first-order valence-electron chi connectivity index (χ1n) is 5.96. The molecule has 0 saturated heterocycles. The van der Waals surface area contributed by atoms with Gasteiger partial charge in [0.1, 0.15) is 6.29 Å². The zero-order chi connectivity index (χ0) is 15.1. The lowest BCUT2D eigenvalue weighted by Gasteiger charge is -2.13. The lowest BCUT2D eigenvalue weighted by Crippen LogP contribution is -2.29. The summed E-state index contributed by atoms with van der Waals surface area (Å²) in [5.74, 6) is -0.978. The Kier molecular flexibility index (Phi) is 3.27. The van der Waals surface area contributed by atoms with Crippen molar-refractivity contribution >= 4 is 47.0 Å². The van der Waals surface area contributed by atoms with Gasteiger partial charge in [-0.15, -0.1) is 0 Å². The smallest absolute Gasteiger partial charge is 0.266 e. The molecule has 0 fully saturated rings. The molecule has 2 aromatic carbocycles. The quantitative estimate of drug-likeness (QED) is 0.627. The molecule has 0 saturated carbocycles. The molecular weight excluding hydrogens is 313 g/mol. The number of imide groups is 1. The van der Waals surface area contributed by atoms with Gasteiger partial charge in [-0.25, -0.2) is 4.90 Å². The third kappa shape index (κ3) is 2.13. The van der Waals surface area contributed by atoms with Crippen molar-refractivity contribution in [2.75, 3.05) is 4.90 Å². The van der Waals surface area contributed by atoms with Crippen LogP contribution in [0.3, 0.4) is 0 Å². The fraction of sp³-hybridized carbons (Fsp3) is 0. The minimum Gasteiger partial charge on any atom is -0.298 e. The fourth-order valence-electron chi connectivity index (χ4n) is 2.21. The molecule has 6 heteroatoms. The van der Waals surface area contributed by atoms with Gasteiger partial charge in [0.2, 0.25) is 0 Å². The molecule has 0 bridgehead atoms. The first kappa shape index (κ1) is 13.8. The summed E-state index contributed by atoms with van der Waals surface area (Å²) in [4.78, 5) is 36.6. The van der Waals surface area contributed by atoms with Crippen LogP contribution in [0.25, 0.3) is 0 Å². The Hall–Kier alpha value is -2.17. The van der Waals surface area contributed by atoms with E-state index in [1.165, 1.54) is 18.2 Å². The van der Waals surface area contributed by atoms with Crippen LogP contribution in [-0.4, -0.2) is 18.1 Å². The van der Waals surface area contributed by atoms with E-state index in [4.69, 9.17) is 23.2 Å². The maximum atomic E-state index is 12.4. The standard InChI is InChI=1S/C15H7Cl2NO3/c16-12-5-10-11(6-13(12)17)15(21)18(14(10)20)9-3-1-2-8(4-9)7-19/h1-7H. The van der Waals surface area contributed by atoms with Crippen molar-refractivity contribution < 1.29 is 14.4 Å². The Balaban J connectivity index is 2.13. The van der Waals surface area contributed by atoms with Crippen LogP contribution >= 0.6 is 23.2 Å². The molecule has 3 rings (SSSR count). The summed E-state index contributed by atoms with van der Waals surface area (Å²) in [6.07, 6.45) is 0.648. The second-order valence-electron chi connectivity index (χ2n) is 4.47. The third-order valence-corrected chi connectivity index (χ3v) is 3.91. The number of hydrogen-bond donors (Lipinski definition) is 0. The normalized spacial score (nSPS) is 13.5. The molecule has 1 heterocycles. The molecule has 104 valence electrons. The monoisotopic (exact) mass is 319 g/mol. The zero-order valence-electron chi connectivity index (χ0n) is 10.5. The van der Waals surface area contributed by atoms with Gasteiger partial charge in [0.15, 0.2) is 0 Å². The largest absolute Gasteiger partial charge is 0.298 e. The van der Waals surface area contributed by atoms with Gasteiger partial charge in [0.25, 0.3) is 11.8 Å².